The molecule has 1 aromatic carbocycles. The van der Waals surface area contributed by atoms with Crippen LogP contribution in [0.3, 0.4) is 0 Å². The topological polar surface area (TPSA) is 90.0 Å². The summed E-state index contributed by atoms with van der Waals surface area (Å²) in [5.41, 5.74) is 3.58. The van der Waals surface area contributed by atoms with E-state index in [0.29, 0.717) is 4.90 Å². The van der Waals surface area contributed by atoms with Gasteiger partial charge in [-0.15, -0.1) is 4.72 Å². The lowest BCUT2D eigenvalue weighted by molar-refractivity contribution is -0.126. The molecule has 1 aliphatic carbocycles. The van der Waals surface area contributed by atoms with Gasteiger partial charge in [0.2, 0.25) is 5.91 Å². The number of benzene rings is 1. The average molecular weight is 481 g/mol. The fraction of sp³-hybridized carbons (Fsp3) is 0.346. The summed E-state index contributed by atoms with van der Waals surface area (Å²) < 4.78 is 29.1. The second-order valence-corrected chi connectivity index (χ2v) is 10.0. The van der Waals surface area contributed by atoms with Crippen LogP contribution in [0.2, 0.25) is 0 Å². The Balaban J connectivity index is 1.25. The second-order valence-electron chi connectivity index (χ2n) is 8.78. The Kier molecular flexibility index (Phi) is 7.92. The summed E-state index contributed by atoms with van der Waals surface area (Å²) in [6.07, 6.45) is 6.40. The first-order valence-corrected chi connectivity index (χ1v) is 12.7. The maximum atomic E-state index is 13.1. The van der Waals surface area contributed by atoms with Crippen LogP contribution in [0.5, 0.6) is 0 Å². The molecular formula is C26H29FN4O2S. The lowest BCUT2D eigenvalue weighted by atomic mass is 9.85. The van der Waals surface area contributed by atoms with Crippen molar-refractivity contribution in [2.75, 3.05) is 0 Å². The van der Waals surface area contributed by atoms with Crippen LogP contribution in [0.15, 0.2) is 65.8 Å². The zero-order valence-corrected chi connectivity index (χ0v) is 20.1. The number of rotatable bonds is 7. The van der Waals surface area contributed by atoms with Crippen molar-refractivity contribution in [1.29, 1.82) is 0 Å². The molecule has 1 amide bonds. The third-order valence-corrected chi connectivity index (χ3v) is 7.46. The van der Waals surface area contributed by atoms with Crippen LogP contribution in [0, 0.1) is 18.7 Å². The number of hydrogen-bond acceptors (Lipinski definition) is 5. The summed E-state index contributed by atoms with van der Waals surface area (Å²) in [6, 6.07) is 13.7. The molecule has 4 rings (SSSR count). The third kappa shape index (κ3) is 6.20. The summed E-state index contributed by atoms with van der Waals surface area (Å²) in [4.78, 5) is 22.0. The van der Waals surface area contributed by atoms with E-state index < -0.39 is 11.4 Å². The number of carbonyl (C=O) groups excluding carboxylic acids is 1. The van der Waals surface area contributed by atoms with Gasteiger partial charge in [-0.2, -0.15) is 0 Å². The van der Waals surface area contributed by atoms with Gasteiger partial charge in [0.05, 0.1) is 35.3 Å². The summed E-state index contributed by atoms with van der Waals surface area (Å²) in [6.45, 7) is 3.83. The first kappa shape index (κ1) is 24.3. The van der Waals surface area contributed by atoms with Gasteiger partial charge in [0.25, 0.3) is 0 Å². The minimum absolute atomic E-state index is 0.0162. The van der Waals surface area contributed by atoms with Gasteiger partial charge >= 0.3 is 0 Å². The Morgan fingerprint density at radius 2 is 1.82 bits per heavy atom. The number of hydrogen-bond donors (Lipinski definition) is 2. The molecule has 34 heavy (non-hydrogen) atoms. The summed E-state index contributed by atoms with van der Waals surface area (Å²) in [5, 5.41) is 3.04. The van der Waals surface area contributed by atoms with Gasteiger partial charge in [0.15, 0.2) is 4.90 Å². The monoisotopic (exact) mass is 480 g/mol. The SMILES string of the molecule is Cc1cc(-c2ccc([S+]([O-])N[C@H]3CC[C@H](C(=O)N[C@H](C)c4ccc(F)cc4)CC3)cn2)ccn1. The quantitative estimate of drug-likeness (QED) is 0.481. The highest BCUT2D eigenvalue weighted by Gasteiger charge is 2.29. The van der Waals surface area contributed by atoms with Crippen LogP contribution in [-0.2, 0) is 16.2 Å². The number of pyridine rings is 2. The molecule has 2 N–H and O–H groups in total. The largest absolute Gasteiger partial charge is 0.593 e. The van der Waals surface area contributed by atoms with E-state index in [1.165, 1.54) is 12.1 Å². The van der Waals surface area contributed by atoms with E-state index in [4.69, 9.17) is 0 Å². The molecule has 1 aliphatic rings. The third-order valence-electron chi connectivity index (χ3n) is 6.24. The molecule has 0 aliphatic heterocycles. The predicted molar refractivity (Wildman–Crippen MR) is 130 cm³/mol. The fourth-order valence-electron chi connectivity index (χ4n) is 4.22. The fourth-order valence-corrected chi connectivity index (χ4v) is 5.24. The molecular weight excluding hydrogens is 451 g/mol. The van der Waals surface area contributed by atoms with Gasteiger partial charge in [-0.3, -0.25) is 14.8 Å². The molecule has 3 aromatic rings. The smallest absolute Gasteiger partial charge is 0.223 e. The first-order chi connectivity index (χ1) is 16.4. The molecule has 6 nitrogen and oxygen atoms in total. The number of halogens is 1. The Bertz CT molecular complexity index is 1100. The molecule has 1 unspecified atom stereocenters. The van der Waals surface area contributed by atoms with Gasteiger partial charge in [0.1, 0.15) is 5.82 Å². The molecule has 2 aromatic heterocycles. The maximum absolute atomic E-state index is 13.1. The summed E-state index contributed by atoms with van der Waals surface area (Å²) in [5.74, 6) is -0.345. The Morgan fingerprint density at radius 1 is 1.09 bits per heavy atom. The highest BCUT2D eigenvalue weighted by molar-refractivity contribution is 7.89. The van der Waals surface area contributed by atoms with Gasteiger partial charge in [0, 0.05) is 23.4 Å². The van der Waals surface area contributed by atoms with Gasteiger partial charge < -0.3 is 9.87 Å². The van der Waals surface area contributed by atoms with E-state index in [0.717, 1.165) is 48.2 Å². The molecule has 1 saturated carbocycles. The van der Waals surface area contributed by atoms with E-state index in [9.17, 15) is 13.7 Å². The zero-order valence-electron chi connectivity index (χ0n) is 19.3. The van der Waals surface area contributed by atoms with E-state index in [1.807, 2.05) is 38.1 Å². The van der Waals surface area contributed by atoms with Crippen molar-refractivity contribution >= 4 is 17.3 Å². The van der Waals surface area contributed by atoms with Crippen LogP contribution in [0.25, 0.3) is 11.3 Å². The Labute approximate surface area is 202 Å². The molecule has 2 heterocycles. The normalized spacial score (nSPS) is 19.9. The zero-order chi connectivity index (χ0) is 24.1. The summed E-state index contributed by atoms with van der Waals surface area (Å²) >= 11 is -1.36. The lowest BCUT2D eigenvalue weighted by Crippen LogP contribution is -2.41. The second kappa shape index (κ2) is 11.1. The highest BCUT2D eigenvalue weighted by atomic mass is 32.2. The number of aryl methyl sites for hydroxylation is 1. The van der Waals surface area contributed by atoms with Crippen LogP contribution >= 0.6 is 0 Å². The number of nitrogens with one attached hydrogen (secondary N) is 2. The van der Waals surface area contributed by atoms with Crippen molar-refractivity contribution in [1.82, 2.24) is 20.0 Å². The molecule has 2 atom stereocenters. The minimum atomic E-state index is -1.36. The van der Waals surface area contributed by atoms with Gasteiger partial charge in [-0.25, -0.2) is 4.39 Å². The molecule has 0 spiro atoms. The van der Waals surface area contributed by atoms with Crippen molar-refractivity contribution in [3.8, 4) is 11.3 Å². The van der Waals surface area contributed by atoms with E-state index in [2.05, 4.69) is 20.0 Å². The standard InChI is InChI=1S/C26H29FN4O2S/c1-17-15-21(13-14-28-17)25-12-11-24(16-29-25)34(33)31-23-9-5-20(6-10-23)26(32)30-18(2)19-3-7-22(27)8-4-19/h3-4,7-8,11-16,18,20,23,31H,5-6,9-10H2,1-2H3,(H,30,32)/t18-,20-,23-,34?/m1/s1. The van der Waals surface area contributed by atoms with E-state index >= 15 is 0 Å². The average Bonchev–Trinajstić information content (AvgIpc) is 2.85. The number of carbonyl (C=O) groups is 1. The van der Waals surface area contributed by atoms with E-state index in [1.54, 1.807) is 24.5 Å². The molecule has 0 bridgehead atoms. The van der Waals surface area contributed by atoms with Crippen molar-refractivity contribution in [3.05, 3.63) is 78.0 Å². The van der Waals surface area contributed by atoms with Crippen LogP contribution in [-0.4, -0.2) is 26.5 Å². The summed E-state index contributed by atoms with van der Waals surface area (Å²) in [7, 11) is 0. The van der Waals surface area contributed by atoms with Crippen LogP contribution in [0.1, 0.15) is 49.9 Å². The number of nitrogens with zero attached hydrogens (tertiary/aromatic N) is 2. The Hall–Kier alpha value is -2.81. The molecule has 8 heteroatoms. The van der Waals surface area contributed by atoms with Gasteiger partial charge in [-0.05, 0) is 81.5 Å². The maximum Gasteiger partial charge on any atom is 0.223 e. The van der Waals surface area contributed by atoms with Crippen molar-refractivity contribution in [3.63, 3.8) is 0 Å². The molecule has 178 valence electrons. The lowest BCUT2D eigenvalue weighted by Gasteiger charge is -2.29. The first-order valence-electron chi connectivity index (χ1n) is 11.5. The highest BCUT2D eigenvalue weighted by Crippen LogP contribution is 2.27. The van der Waals surface area contributed by atoms with Crippen molar-refractivity contribution in [2.45, 2.75) is 56.5 Å². The van der Waals surface area contributed by atoms with Crippen molar-refractivity contribution in [2.24, 2.45) is 5.92 Å². The molecule has 0 saturated heterocycles. The van der Waals surface area contributed by atoms with Crippen molar-refractivity contribution < 1.29 is 13.7 Å². The van der Waals surface area contributed by atoms with Crippen LogP contribution in [0.4, 0.5) is 4.39 Å². The molecule has 0 radical (unpaired) electrons. The van der Waals surface area contributed by atoms with Crippen LogP contribution < -0.4 is 10.0 Å². The van der Waals surface area contributed by atoms with E-state index in [-0.39, 0.29) is 29.7 Å². The predicted octanol–water partition coefficient (Wildman–Crippen LogP) is 4.64. The Morgan fingerprint density at radius 3 is 2.47 bits per heavy atom. The van der Waals surface area contributed by atoms with Gasteiger partial charge in [-0.1, -0.05) is 12.1 Å². The minimum Gasteiger partial charge on any atom is -0.593 e. The number of aromatic nitrogens is 2. The molecule has 1 fully saturated rings. The number of amides is 1.